The number of nitrogens with one attached hydrogen (secondary N) is 2. The largest absolute Gasteiger partial charge is 0.334 e. The number of nitrogens with zero attached hydrogens (tertiary/aromatic N) is 1. The molecule has 2 N–H and O–H groups in total. The van der Waals surface area contributed by atoms with Gasteiger partial charge in [0.1, 0.15) is 0 Å². The molecule has 0 saturated carbocycles. The molecule has 1 heterocycles. The molecule has 0 bridgehead atoms. The summed E-state index contributed by atoms with van der Waals surface area (Å²) in [6, 6.07) is 12.3. The van der Waals surface area contributed by atoms with Crippen LogP contribution in [0.5, 0.6) is 0 Å². The van der Waals surface area contributed by atoms with Gasteiger partial charge in [0.15, 0.2) is 5.82 Å². The Morgan fingerprint density at radius 3 is 2.70 bits per heavy atom. The molecule has 0 aliphatic carbocycles. The first-order chi connectivity index (χ1) is 9.63. The van der Waals surface area contributed by atoms with E-state index in [4.69, 9.17) is 23.2 Å². The average Bonchev–Trinajstić information content (AvgIpc) is 2.86. The number of hydrogen-bond donors (Lipinski definition) is 2. The Kier molecular flexibility index (Phi) is 3.34. The molecule has 3 rings (SSSR count). The maximum atomic E-state index is 12.1. The minimum absolute atomic E-state index is 0.234. The van der Waals surface area contributed by atoms with Crippen molar-refractivity contribution in [2.45, 2.75) is 0 Å². The number of H-pyrrole nitrogens is 1. The number of carbonyl (C=O) groups excluding carboxylic acids is 1. The van der Waals surface area contributed by atoms with Crippen LogP contribution in [0.3, 0.4) is 0 Å². The number of fused-ring (bicyclic) bond motifs is 1. The Hall–Kier alpha value is -2.04. The molecule has 0 fully saturated rings. The third-order valence-electron chi connectivity index (χ3n) is 2.78. The van der Waals surface area contributed by atoms with Crippen LogP contribution in [-0.2, 0) is 0 Å². The first-order valence-electron chi connectivity index (χ1n) is 5.84. The first-order valence-corrected chi connectivity index (χ1v) is 6.60. The van der Waals surface area contributed by atoms with E-state index in [2.05, 4.69) is 15.3 Å². The Balaban J connectivity index is 1.89. The fourth-order valence-electron chi connectivity index (χ4n) is 1.83. The summed E-state index contributed by atoms with van der Waals surface area (Å²) in [7, 11) is 0. The second kappa shape index (κ2) is 5.15. The van der Waals surface area contributed by atoms with Crippen molar-refractivity contribution in [3.63, 3.8) is 0 Å². The molecule has 0 atom stereocenters. The van der Waals surface area contributed by atoms with E-state index in [0.717, 1.165) is 11.0 Å². The highest BCUT2D eigenvalue weighted by molar-refractivity contribution is 6.36. The van der Waals surface area contributed by atoms with Gasteiger partial charge in [0.25, 0.3) is 5.91 Å². The molecule has 0 aliphatic heterocycles. The number of para-hydroxylation sites is 2. The van der Waals surface area contributed by atoms with Gasteiger partial charge in [-0.1, -0.05) is 35.3 Å². The van der Waals surface area contributed by atoms with E-state index in [9.17, 15) is 4.79 Å². The molecule has 1 amide bonds. The third-order valence-corrected chi connectivity index (χ3v) is 3.33. The molecule has 0 aliphatic rings. The van der Waals surface area contributed by atoms with Crippen molar-refractivity contribution in [1.29, 1.82) is 0 Å². The number of anilines is 1. The maximum absolute atomic E-state index is 12.1. The second-order valence-electron chi connectivity index (χ2n) is 4.18. The molecule has 2 aromatic carbocycles. The molecular weight excluding hydrogens is 297 g/mol. The molecule has 4 nitrogen and oxygen atoms in total. The molecular formula is C14H9Cl2N3O. The molecule has 20 heavy (non-hydrogen) atoms. The fourth-order valence-corrected chi connectivity index (χ4v) is 2.29. The lowest BCUT2D eigenvalue weighted by Crippen LogP contribution is -2.13. The summed E-state index contributed by atoms with van der Waals surface area (Å²) in [5, 5.41) is 3.58. The van der Waals surface area contributed by atoms with Gasteiger partial charge >= 0.3 is 0 Å². The minimum atomic E-state index is -0.356. The van der Waals surface area contributed by atoms with Crippen LogP contribution in [0.15, 0.2) is 42.5 Å². The zero-order valence-corrected chi connectivity index (χ0v) is 11.7. The molecule has 0 unspecified atom stereocenters. The molecule has 1 aromatic heterocycles. The number of imidazole rings is 1. The number of rotatable bonds is 2. The quantitative estimate of drug-likeness (QED) is 0.748. The van der Waals surface area contributed by atoms with E-state index < -0.39 is 0 Å². The lowest BCUT2D eigenvalue weighted by Gasteiger charge is -2.05. The summed E-state index contributed by atoms with van der Waals surface area (Å²) in [4.78, 5) is 19.3. The van der Waals surface area contributed by atoms with Gasteiger partial charge in [-0.25, -0.2) is 4.98 Å². The highest BCUT2D eigenvalue weighted by atomic mass is 35.5. The van der Waals surface area contributed by atoms with Crippen LogP contribution in [0.25, 0.3) is 11.0 Å². The number of benzene rings is 2. The van der Waals surface area contributed by atoms with E-state index in [0.29, 0.717) is 15.7 Å². The van der Waals surface area contributed by atoms with Crippen LogP contribution in [-0.4, -0.2) is 15.9 Å². The molecule has 0 saturated heterocycles. The van der Waals surface area contributed by atoms with Gasteiger partial charge in [-0.2, -0.15) is 0 Å². The van der Waals surface area contributed by atoms with Gasteiger partial charge in [0.2, 0.25) is 0 Å². The van der Waals surface area contributed by atoms with E-state index in [1.54, 1.807) is 18.2 Å². The van der Waals surface area contributed by atoms with Gasteiger partial charge in [-0.15, -0.1) is 0 Å². The van der Waals surface area contributed by atoms with E-state index in [1.165, 1.54) is 0 Å². The number of aromatic amines is 1. The van der Waals surface area contributed by atoms with Crippen LogP contribution in [0.2, 0.25) is 10.0 Å². The van der Waals surface area contributed by atoms with Crippen molar-refractivity contribution >= 4 is 45.8 Å². The van der Waals surface area contributed by atoms with Crippen LogP contribution >= 0.6 is 23.2 Å². The van der Waals surface area contributed by atoms with Crippen molar-refractivity contribution in [3.05, 3.63) is 58.3 Å². The maximum Gasteiger partial charge on any atom is 0.291 e. The van der Waals surface area contributed by atoms with Gasteiger partial charge in [0, 0.05) is 5.02 Å². The smallest absolute Gasteiger partial charge is 0.291 e. The summed E-state index contributed by atoms with van der Waals surface area (Å²) >= 11 is 11.8. The highest BCUT2D eigenvalue weighted by Crippen LogP contribution is 2.25. The molecule has 100 valence electrons. The Labute approximate surface area is 124 Å². The number of hydrogen-bond acceptors (Lipinski definition) is 2. The van der Waals surface area contributed by atoms with Crippen LogP contribution < -0.4 is 5.32 Å². The molecule has 0 radical (unpaired) electrons. The van der Waals surface area contributed by atoms with E-state index in [-0.39, 0.29) is 11.7 Å². The molecule has 6 heteroatoms. The minimum Gasteiger partial charge on any atom is -0.334 e. The molecule has 0 spiro atoms. The van der Waals surface area contributed by atoms with Crippen LogP contribution in [0.4, 0.5) is 5.69 Å². The van der Waals surface area contributed by atoms with Gasteiger partial charge in [-0.3, -0.25) is 4.79 Å². The van der Waals surface area contributed by atoms with Crippen molar-refractivity contribution in [2.24, 2.45) is 0 Å². The fraction of sp³-hybridized carbons (Fsp3) is 0. The Morgan fingerprint density at radius 1 is 1.15 bits per heavy atom. The highest BCUT2D eigenvalue weighted by Gasteiger charge is 2.13. The van der Waals surface area contributed by atoms with Crippen LogP contribution in [0.1, 0.15) is 10.6 Å². The number of halogens is 2. The second-order valence-corrected chi connectivity index (χ2v) is 5.02. The third kappa shape index (κ3) is 2.48. The van der Waals surface area contributed by atoms with Crippen molar-refractivity contribution in [1.82, 2.24) is 9.97 Å². The Bertz CT molecular complexity index is 765. The standard InChI is InChI=1S/C14H9Cl2N3O/c15-8-5-6-10(9(16)7-8)19-14(20)13-17-11-3-1-2-4-12(11)18-13/h1-7H,(H,17,18)(H,19,20). The summed E-state index contributed by atoms with van der Waals surface area (Å²) in [6.07, 6.45) is 0. The van der Waals surface area contributed by atoms with Gasteiger partial charge in [-0.05, 0) is 30.3 Å². The summed E-state index contributed by atoms with van der Waals surface area (Å²) < 4.78 is 0. The van der Waals surface area contributed by atoms with Crippen LogP contribution in [0, 0.1) is 0 Å². The van der Waals surface area contributed by atoms with Crippen molar-refractivity contribution < 1.29 is 4.79 Å². The summed E-state index contributed by atoms with van der Waals surface area (Å²) in [6.45, 7) is 0. The number of carbonyl (C=O) groups is 1. The topological polar surface area (TPSA) is 57.8 Å². The SMILES string of the molecule is O=C(Nc1ccc(Cl)cc1Cl)c1nc2ccccc2[nH]1. The number of aromatic nitrogens is 2. The van der Waals surface area contributed by atoms with Crippen molar-refractivity contribution in [2.75, 3.05) is 5.32 Å². The zero-order chi connectivity index (χ0) is 14.1. The van der Waals surface area contributed by atoms with E-state index in [1.807, 2.05) is 24.3 Å². The monoisotopic (exact) mass is 305 g/mol. The lowest BCUT2D eigenvalue weighted by molar-refractivity contribution is 0.101. The summed E-state index contributed by atoms with van der Waals surface area (Å²) in [5.41, 5.74) is 2.03. The summed E-state index contributed by atoms with van der Waals surface area (Å²) in [5.74, 6) is -0.123. The number of amides is 1. The van der Waals surface area contributed by atoms with E-state index >= 15 is 0 Å². The van der Waals surface area contributed by atoms with Gasteiger partial charge < -0.3 is 10.3 Å². The van der Waals surface area contributed by atoms with Crippen molar-refractivity contribution in [3.8, 4) is 0 Å². The Morgan fingerprint density at radius 2 is 1.95 bits per heavy atom. The predicted octanol–water partition coefficient (Wildman–Crippen LogP) is 4.12. The average molecular weight is 306 g/mol. The molecule has 3 aromatic rings. The first kappa shape index (κ1) is 13.0. The zero-order valence-electron chi connectivity index (χ0n) is 10.2. The van der Waals surface area contributed by atoms with Gasteiger partial charge in [0.05, 0.1) is 21.7 Å². The predicted molar refractivity (Wildman–Crippen MR) is 80.5 cm³/mol. The normalized spacial score (nSPS) is 10.7. The lowest BCUT2D eigenvalue weighted by atomic mass is 10.3.